The summed E-state index contributed by atoms with van der Waals surface area (Å²) in [5.41, 5.74) is 2.68. The monoisotopic (exact) mass is 591 g/mol. The van der Waals surface area contributed by atoms with Crippen LogP contribution in [0.3, 0.4) is 0 Å². The summed E-state index contributed by atoms with van der Waals surface area (Å²) >= 11 is 0. The quantitative estimate of drug-likeness (QED) is 0.194. The number of phenols is 1. The Kier molecular flexibility index (Phi) is 7.20. The third kappa shape index (κ3) is 4.32. The molecule has 0 spiro atoms. The molecular formula is C31H33N3O9. The van der Waals surface area contributed by atoms with Crippen LogP contribution in [0.2, 0.25) is 0 Å². The summed E-state index contributed by atoms with van der Waals surface area (Å²) in [5, 5.41) is 59.7. The largest absolute Gasteiger partial charge is 0.508 e. The van der Waals surface area contributed by atoms with Gasteiger partial charge in [0, 0.05) is 11.5 Å². The minimum absolute atomic E-state index is 0.00101. The van der Waals surface area contributed by atoms with E-state index >= 15 is 0 Å². The van der Waals surface area contributed by atoms with Crippen molar-refractivity contribution in [1.82, 2.24) is 4.90 Å². The number of nitrogens with two attached hydrogens (primary N) is 1. The van der Waals surface area contributed by atoms with Gasteiger partial charge < -0.3 is 36.6 Å². The fraction of sp³-hybridized carbons (Fsp3) is 0.355. The number of primary amides is 1. The molecule has 8 N–H and O–H groups in total. The molecule has 0 unspecified atom stereocenters. The lowest BCUT2D eigenvalue weighted by atomic mass is 9.54. The number of amides is 2. The number of aromatic hydroxyl groups is 1. The first kappa shape index (κ1) is 30.0. The van der Waals surface area contributed by atoms with Gasteiger partial charge in [-0.2, -0.15) is 0 Å². The highest BCUT2D eigenvalue weighted by Crippen LogP contribution is 2.56. The number of carbonyl (C=O) groups excluding carboxylic acids is 4. The second kappa shape index (κ2) is 10.3. The molecule has 6 atom stereocenters. The Balaban J connectivity index is 1.62. The molecule has 0 bridgehead atoms. The van der Waals surface area contributed by atoms with Gasteiger partial charge in [0.25, 0.3) is 5.91 Å². The number of aliphatic hydroxyl groups is 4. The van der Waals surface area contributed by atoms with Crippen LogP contribution in [0.5, 0.6) is 5.75 Å². The van der Waals surface area contributed by atoms with Gasteiger partial charge >= 0.3 is 0 Å². The fourth-order valence-corrected chi connectivity index (χ4v) is 6.80. The maximum Gasteiger partial charge on any atom is 0.255 e. The highest BCUT2D eigenvalue weighted by molar-refractivity contribution is 6.24. The van der Waals surface area contributed by atoms with E-state index in [-0.39, 0.29) is 17.7 Å². The number of carbonyl (C=O) groups is 4. The van der Waals surface area contributed by atoms with Gasteiger partial charge in [-0.05, 0) is 44.1 Å². The van der Waals surface area contributed by atoms with E-state index in [1.165, 1.54) is 31.1 Å². The van der Waals surface area contributed by atoms with Crippen LogP contribution in [0.25, 0.3) is 5.76 Å². The summed E-state index contributed by atoms with van der Waals surface area (Å²) in [7, 11) is 2.88. The second-order valence-corrected chi connectivity index (χ2v) is 11.7. The number of nitrogens with one attached hydrogen (secondary N) is 1. The number of likely N-dealkylation sites (N-methyl/N-ethyl adjacent to an activating group) is 1. The lowest BCUT2D eigenvalue weighted by Gasteiger charge is -2.53. The van der Waals surface area contributed by atoms with Gasteiger partial charge in [-0.15, -0.1) is 0 Å². The molecule has 12 heteroatoms. The third-order valence-corrected chi connectivity index (χ3v) is 8.89. The average Bonchev–Trinajstić information content (AvgIpc) is 2.93. The molecule has 0 aliphatic heterocycles. The fourth-order valence-electron chi connectivity index (χ4n) is 6.80. The van der Waals surface area contributed by atoms with Crippen LogP contribution in [-0.4, -0.2) is 85.7 Å². The molecule has 3 aliphatic rings. The van der Waals surface area contributed by atoms with Crippen molar-refractivity contribution < 1.29 is 44.7 Å². The van der Waals surface area contributed by atoms with Crippen molar-refractivity contribution in [3.63, 3.8) is 0 Å². The SMILES string of the molecule is Cc1ccc(CC(=O)Nc2ccc3c(c2O)C(O)=C2C(=O)[C@]4(O)C(O)=C(C(N)=O)C(=O)[C@@H](N(C)C)[C@@H]4[C@@H](O)[C@@H]2[C@H]3C)cc1. The van der Waals surface area contributed by atoms with Crippen LogP contribution in [0, 0.1) is 18.8 Å². The molecule has 226 valence electrons. The summed E-state index contributed by atoms with van der Waals surface area (Å²) < 4.78 is 0. The minimum Gasteiger partial charge on any atom is -0.508 e. The van der Waals surface area contributed by atoms with E-state index in [0.717, 1.165) is 11.1 Å². The molecule has 1 fully saturated rings. The summed E-state index contributed by atoms with van der Waals surface area (Å²) in [6.45, 7) is 3.55. The van der Waals surface area contributed by atoms with Crippen LogP contribution >= 0.6 is 0 Å². The number of benzene rings is 2. The Bertz CT molecular complexity index is 1640. The molecule has 2 aromatic carbocycles. The van der Waals surface area contributed by atoms with Gasteiger partial charge in [0.1, 0.15) is 22.8 Å². The summed E-state index contributed by atoms with van der Waals surface area (Å²) in [4.78, 5) is 53.6. The summed E-state index contributed by atoms with van der Waals surface area (Å²) in [5.74, 6) is -10.3. The molecular weight excluding hydrogens is 558 g/mol. The molecule has 5 rings (SSSR count). The Hall–Kier alpha value is -4.52. The molecule has 2 amide bonds. The number of anilines is 1. The normalized spacial score (nSPS) is 28.4. The minimum atomic E-state index is -3.00. The zero-order chi connectivity index (χ0) is 31.7. The lowest BCUT2D eigenvalue weighted by Crippen LogP contribution is -2.70. The van der Waals surface area contributed by atoms with E-state index in [2.05, 4.69) is 5.32 Å². The van der Waals surface area contributed by atoms with Crippen LogP contribution < -0.4 is 11.1 Å². The van der Waals surface area contributed by atoms with E-state index in [0.29, 0.717) is 5.56 Å². The van der Waals surface area contributed by atoms with Crippen LogP contribution in [-0.2, 0) is 25.6 Å². The van der Waals surface area contributed by atoms with Crippen molar-refractivity contribution in [2.45, 2.75) is 43.9 Å². The van der Waals surface area contributed by atoms with E-state index in [9.17, 15) is 44.7 Å². The Morgan fingerprint density at radius 1 is 1.05 bits per heavy atom. The van der Waals surface area contributed by atoms with Crippen molar-refractivity contribution >= 4 is 34.8 Å². The van der Waals surface area contributed by atoms with E-state index in [1.54, 1.807) is 19.1 Å². The number of fused-ring (bicyclic) bond motifs is 3. The van der Waals surface area contributed by atoms with Gasteiger partial charge in [-0.1, -0.05) is 42.8 Å². The summed E-state index contributed by atoms with van der Waals surface area (Å²) in [6.07, 6.45) is -1.69. The first-order valence-electron chi connectivity index (χ1n) is 13.7. The number of hydrogen-bond donors (Lipinski definition) is 7. The molecule has 43 heavy (non-hydrogen) atoms. The predicted molar refractivity (Wildman–Crippen MR) is 154 cm³/mol. The molecule has 2 aromatic rings. The van der Waals surface area contributed by atoms with E-state index < -0.39 is 87.3 Å². The smallest absolute Gasteiger partial charge is 0.255 e. The Labute approximate surface area is 246 Å². The Morgan fingerprint density at radius 2 is 1.67 bits per heavy atom. The van der Waals surface area contributed by atoms with E-state index in [1.807, 2.05) is 19.1 Å². The highest BCUT2D eigenvalue weighted by atomic mass is 16.4. The maximum atomic E-state index is 14.1. The molecule has 0 aromatic heterocycles. The second-order valence-electron chi connectivity index (χ2n) is 11.7. The molecule has 12 nitrogen and oxygen atoms in total. The molecule has 0 heterocycles. The van der Waals surface area contributed by atoms with Gasteiger partial charge in [-0.3, -0.25) is 24.1 Å². The van der Waals surface area contributed by atoms with Crippen molar-refractivity contribution in [3.05, 3.63) is 75.6 Å². The standard InChI is InChI=1S/C31H33N3O9/c1-12-5-7-14(8-6-12)11-17(35)33-16-10-9-15-13(2)18-20(25(37)19(15)24(16)36)28(40)31(43)22(26(18)38)23(34(3)4)27(39)21(29(31)41)30(32)42/h5-10,13,18,22-23,26,36-38,41,43H,11H2,1-4H3,(H2,32,42)(H,33,35)/t13-,18+,22+,23-,26-,31-/m0/s1. The van der Waals surface area contributed by atoms with Crippen molar-refractivity contribution in [2.24, 2.45) is 17.6 Å². The van der Waals surface area contributed by atoms with Crippen LogP contribution in [0.1, 0.15) is 35.1 Å². The topological polar surface area (TPSA) is 211 Å². The van der Waals surface area contributed by atoms with Gasteiger partial charge in [0.05, 0.1) is 35.7 Å². The van der Waals surface area contributed by atoms with Crippen molar-refractivity contribution in [2.75, 3.05) is 19.4 Å². The van der Waals surface area contributed by atoms with Crippen LogP contribution in [0.4, 0.5) is 5.69 Å². The number of ketones is 2. The molecule has 0 radical (unpaired) electrons. The number of hydrogen-bond acceptors (Lipinski definition) is 10. The molecule has 1 saturated carbocycles. The first-order valence-corrected chi connectivity index (χ1v) is 13.7. The van der Waals surface area contributed by atoms with Crippen molar-refractivity contribution in [1.29, 1.82) is 0 Å². The third-order valence-electron chi connectivity index (χ3n) is 8.89. The lowest BCUT2D eigenvalue weighted by molar-refractivity contribution is -0.169. The highest BCUT2D eigenvalue weighted by Gasteiger charge is 2.68. The predicted octanol–water partition coefficient (Wildman–Crippen LogP) is 0.985. The Morgan fingerprint density at radius 3 is 2.26 bits per heavy atom. The number of aryl methyl sites for hydroxylation is 1. The number of nitrogens with zero attached hydrogens (tertiary/aromatic N) is 1. The zero-order valence-corrected chi connectivity index (χ0v) is 24.0. The number of rotatable bonds is 5. The number of aliphatic hydroxyl groups excluding tert-OH is 3. The van der Waals surface area contributed by atoms with Crippen LogP contribution in [0.15, 0.2) is 53.3 Å². The van der Waals surface area contributed by atoms with Gasteiger partial charge in [0.15, 0.2) is 11.4 Å². The average molecular weight is 592 g/mol. The van der Waals surface area contributed by atoms with Gasteiger partial charge in [0.2, 0.25) is 11.7 Å². The molecule has 3 aliphatic carbocycles. The summed E-state index contributed by atoms with van der Waals surface area (Å²) in [6, 6.07) is 8.85. The number of Topliss-reactive ketones (excluding diaryl/α,β-unsaturated/α-hetero) is 2. The first-order chi connectivity index (χ1) is 20.1. The van der Waals surface area contributed by atoms with Crippen molar-refractivity contribution in [3.8, 4) is 5.75 Å². The van der Waals surface area contributed by atoms with E-state index in [4.69, 9.17) is 5.73 Å². The molecule has 0 saturated heterocycles. The zero-order valence-electron chi connectivity index (χ0n) is 24.0. The number of phenolic OH excluding ortho intramolecular Hbond substituents is 1. The maximum absolute atomic E-state index is 14.1. The van der Waals surface area contributed by atoms with Gasteiger partial charge in [-0.25, -0.2) is 0 Å².